The molecular formula is C10H11Br2NO2. The van der Waals surface area contributed by atoms with Crippen molar-refractivity contribution >= 4 is 43.5 Å². The molecule has 0 unspecified atom stereocenters. The number of carbonyl (C=O) groups excluding carboxylic acids is 1. The third-order valence-corrected chi connectivity index (χ3v) is 3.54. The van der Waals surface area contributed by atoms with Gasteiger partial charge >= 0.3 is 5.97 Å². The molecule has 1 aromatic carbocycles. The second-order valence-corrected chi connectivity index (χ2v) is 4.50. The van der Waals surface area contributed by atoms with E-state index in [9.17, 15) is 4.79 Å². The molecule has 0 saturated carbocycles. The number of anilines is 1. The van der Waals surface area contributed by atoms with Crippen molar-refractivity contribution in [3.05, 3.63) is 27.1 Å². The fraction of sp³-hybridized carbons (Fsp3) is 0.300. The summed E-state index contributed by atoms with van der Waals surface area (Å²) in [5, 5.41) is 2.97. The second-order valence-electron chi connectivity index (χ2n) is 2.79. The van der Waals surface area contributed by atoms with E-state index >= 15 is 0 Å². The molecule has 0 saturated heterocycles. The Kier molecular flexibility index (Phi) is 5.11. The van der Waals surface area contributed by atoms with Gasteiger partial charge in [-0.2, -0.15) is 0 Å². The normalized spacial score (nSPS) is 9.80. The summed E-state index contributed by atoms with van der Waals surface area (Å²) in [5.74, 6) is -0.253. The number of nitrogens with one attached hydrogen (secondary N) is 1. The summed E-state index contributed by atoms with van der Waals surface area (Å²) in [6.45, 7) is 2.38. The van der Waals surface area contributed by atoms with E-state index in [2.05, 4.69) is 37.2 Å². The second kappa shape index (κ2) is 6.12. The molecule has 1 N–H and O–H groups in total. The van der Waals surface area contributed by atoms with Crippen LogP contribution in [-0.2, 0) is 9.53 Å². The first-order valence-corrected chi connectivity index (χ1v) is 6.06. The maximum Gasteiger partial charge on any atom is 0.325 e. The van der Waals surface area contributed by atoms with Gasteiger partial charge in [0.1, 0.15) is 6.54 Å². The standard InChI is InChI=1S/C10H11Br2NO2/c1-2-15-10(14)6-13-7-3-4-8(11)9(12)5-7/h3-5,13H,2,6H2,1H3. The highest BCUT2D eigenvalue weighted by atomic mass is 79.9. The highest BCUT2D eigenvalue weighted by Gasteiger charge is 2.02. The van der Waals surface area contributed by atoms with Gasteiger partial charge in [0.15, 0.2) is 0 Å². The van der Waals surface area contributed by atoms with Crippen LogP contribution in [0.4, 0.5) is 5.69 Å². The van der Waals surface area contributed by atoms with E-state index < -0.39 is 0 Å². The Morgan fingerprint density at radius 1 is 1.40 bits per heavy atom. The smallest absolute Gasteiger partial charge is 0.325 e. The number of hydrogen-bond acceptors (Lipinski definition) is 3. The molecule has 0 aromatic heterocycles. The lowest BCUT2D eigenvalue weighted by Gasteiger charge is -2.06. The third-order valence-electron chi connectivity index (χ3n) is 1.66. The highest BCUT2D eigenvalue weighted by molar-refractivity contribution is 9.13. The summed E-state index contributed by atoms with van der Waals surface area (Å²) in [6.07, 6.45) is 0. The van der Waals surface area contributed by atoms with Crippen LogP contribution >= 0.6 is 31.9 Å². The van der Waals surface area contributed by atoms with Gasteiger partial charge in [-0.05, 0) is 57.0 Å². The fourth-order valence-corrected chi connectivity index (χ4v) is 1.62. The summed E-state index contributed by atoms with van der Waals surface area (Å²) in [7, 11) is 0. The van der Waals surface area contributed by atoms with Gasteiger partial charge in [-0.25, -0.2) is 0 Å². The summed E-state index contributed by atoms with van der Waals surface area (Å²) in [5.41, 5.74) is 0.873. The van der Waals surface area contributed by atoms with Crippen LogP contribution in [0.2, 0.25) is 0 Å². The van der Waals surface area contributed by atoms with Gasteiger partial charge in [-0.15, -0.1) is 0 Å². The van der Waals surface area contributed by atoms with E-state index in [1.54, 1.807) is 6.92 Å². The SMILES string of the molecule is CCOC(=O)CNc1ccc(Br)c(Br)c1. The Morgan fingerprint density at radius 3 is 2.73 bits per heavy atom. The third kappa shape index (κ3) is 4.22. The van der Waals surface area contributed by atoms with E-state index in [-0.39, 0.29) is 12.5 Å². The minimum absolute atomic E-state index is 0.182. The molecule has 0 aliphatic carbocycles. The predicted molar refractivity (Wildman–Crippen MR) is 67.0 cm³/mol. The van der Waals surface area contributed by atoms with Crippen molar-refractivity contribution < 1.29 is 9.53 Å². The molecule has 15 heavy (non-hydrogen) atoms. The molecule has 0 fully saturated rings. The lowest BCUT2D eigenvalue weighted by atomic mass is 10.3. The summed E-state index contributed by atoms with van der Waals surface area (Å²) >= 11 is 6.75. The van der Waals surface area contributed by atoms with Crippen LogP contribution < -0.4 is 5.32 Å². The van der Waals surface area contributed by atoms with Crippen molar-refractivity contribution in [3.63, 3.8) is 0 Å². The van der Waals surface area contributed by atoms with E-state index in [1.807, 2.05) is 18.2 Å². The van der Waals surface area contributed by atoms with Gasteiger partial charge in [0.25, 0.3) is 0 Å². The molecule has 82 valence electrons. The first kappa shape index (κ1) is 12.5. The van der Waals surface area contributed by atoms with Crippen molar-refractivity contribution in [1.82, 2.24) is 0 Å². The zero-order valence-corrected chi connectivity index (χ0v) is 11.4. The molecule has 0 amide bonds. The largest absolute Gasteiger partial charge is 0.465 e. The number of ether oxygens (including phenoxy) is 1. The molecule has 0 bridgehead atoms. The van der Waals surface area contributed by atoms with E-state index in [0.29, 0.717) is 6.61 Å². The van der Waals surface area contributed by atoms with E-state index in [0.717, 1.165) is 14.6 Å². The lowest BCUT2D eigenvalue weighted by molar-refractivity contribution is -0.140. The van der Waals surface area contributed by atoms with Crippen LogP contribution in [0, 0.1) is 0 Å². The molecule has 0 spiro atoms. The molecule has 5 heteroatoms. The van der Waals surface area contributed by atoms with Crippen molar-refractivity contribution in [3.8, 4) is 0 Å². The molecule has 0 aliphatic rings. The molecule has 3 nitrogen and oxygen atoms in total. The minimum Gasteiger partial charge on any atom is -0.465 e. The average molecular weight is 337 g/mol. The van der Waals surface area contributed by atoms with Crippen LogP contribution in [0.5, 0.6) is 0 Å². The summed E-state index contributed by atoms with van der Waals surface area (Å²) in [6, 6.07) is 5.68. The Labute approximate surface area is 105 Å². The van der Waals surface area contributed by atoms with Crippen molar-refractivity contribution in [2.75, 3.05) is 18.5 Å². The molecule has 0 radical (unpaired) electrons. The highest BCUT2D eigenvalue weighted by Crippen LogP contribution is 2.25. The summed E-state index contributed by atoms with van der Waals surface area (Å²) < 4.78 is 6.71. The maximum atomic E-state index is 11.1. The Morgan fingerprint density at radius 2 is 2.13 bits per heavy atom. The first-order valence-electron chi connectivity index (χ1n) is 4.48. The Balaban J connectivity index is 2.51. The van der Waals surface area contributed by atoms with Gasteiger partial charge in [0.2, 0.25) is 0 Å². The lowest BCUT2D eigenvalue weighted by Crippen LogP contribution is -2.16. The minimum atomic E-state index is -0.253. The van der Waals surface area contributed by atoms with Gasteiger partial charge < -0.3 is 10.1 Å². The number of halogens is 2. The monoisotopic (exact) mass is 335 g/mol. The molecule has 0 atom stereocenters. The topological polar surface area (TPSA) is 38.3 Å². The fourth-order valence-electron chi connectivity index (χ4n) is 0.992. The zero-order valence-electron chi connectivity index (χ0n) is 8.22. The number of benzene rings is 1. The molecule has 0 aliphatic heterocycles. The molecule has 1 rings (SSSR count). The number of esters is 1. The Bertz CT molecular complexity index is 355. The van der Waals surface area contributed by atoms with Crippen LogP contribution in [0.15, 0.2) is 27.1 Å². The van der Waals surface area contributed by atoms with Crippen molar-refractivity contribution in [2.24, 2.45) is 0 Å². The molecular weight excluding hydrogens is 326 g/mol. The molecule has 0 heterocycles. The van der Waals surface area contributed by atoms with Crippen molar-refractivity contribution in [2.45, 2.75) is 6.92 Å². The molecule has 1 aromatic rings. The van der Waals surface area contributed by atoms with E-state index in [1.165, 1.54) is 0 Å². The zero-order chi connectivity index (χ0) is 11.3. The van der Waals surface area contributed by atoms with Crippen LogP contribution in [-0.4, -0.2) is 19.1 Å². The van der Waals surface area contributed by atoms with Gasteiger partial charge in [-0.3, -0.25) is 4.79 Å². The van der Waals surface area contributed by atoms with Gasteiger partial charge in [0, 0.05) is 14.6 Å². The van der Waals surface area contributed by atoms with Crippen LogP contribution in [0.3, 0.4) is 0 Å². The summed E-state index contributed by atoms with van der Waals surface area (Å²) in [4.78, 5) is 11.1. The van der Waals surface area contributed by atoms with Crippen molar-refractivity contribution in [1.29, 1.82) is 0 Å². The first-order chi connectivity index (χ1) is 7.13. The van der Waals surface area contributed by atoms with Gasteiger partial charge in [0.05, 0.1) is 6.61 Å². The predicted octanol–water partition coefficient (Wildman–Crippen LogP) is 3.19. The number of carbonyl (C=O) groups is 1. The quantitative estimate of drug-likeness (QED) is 0.858. The number of rotatable bonds is 4. The van der Waals surface area contributed by atoms with Gasteiger partial charge in [-0.1, -0.05) is 0 Å². The van der Waals surface area contributed by atoms with Crippen LogP contribution in [0.1, 0.15) is 6.92 Å². The number of hydrogen-bond donors (Lipinski definition) is 1. The maximum absolute atomic E-state index is 11.1. The van der Waals surface area contributed by atoms with Crippen LogP contribution in [0.25, 0.3) is 0 Å². The average Bonchev–Trinajstić information content (AvgIpc) is 2.20. The Hall–Kier alpha value is -0.550. The van der Waals surface area contributed by atoms with E-state index in [4.69, 9.17) is 4.74 Å².